The molecule has 104 valence electrons. The van der Waals surface area contributed by atoms with Crippen LogP contribution in [0.5, 0.6) is 0 Å². The standard InChI is InChI=1S/C14H20FN3O/c1-14(13(19)17-2)5-6-18(9-14)12-4-3-10(8-16)7-11(12)15/h3-4,7H,5-6,8-9,16H2,1-2H3,(H,17,19). The number of hydrogen-bond acceptors (Lipinski definition) is 3. The summed E-state index contributed by atoms with van der Waals surface area (Å²) in [5.41, 5.74) is 6.36. The molecule has 1 heterocycles. The van der Waals surface area contributed by atoms with E-state index in [0.717, 1.165) is 12.0 Å². The van der Waals surface area contributed by atoms with Gasteiger partial charge < -0.3 is 16.0 Å². The molecule has 0 aliphatic carbocycles. The predicted octanol–water partition coefficient (Wildman–Crippen LogP) is 1.25. The smallest absolute Gasteiger partial charge is 0.227 e. The Bertz CT molecular complexity index is 492. The van der Waals surface area contributed by atoms with Crippen LogP contribution in [0.25, 0.3) is 0 Å². The highest BCUT2D eigenvalue weighted by Crippen LogP contribution is 2.34. The first-order valence-electron chi connectivity index (χ1n) is 6.46. The van der Waals surface area contributed by atoms with Gasteiger partial charge >= 0.3 is 0 Å². The Morgan fingerprint density at radius 1 is 1.58 bits per heavy atom. The van der Waals surface area contributed by atoms with Crippen molar-refractivity contribution in [2.75, 3.05) is 25.0 Å². The van der Waals surface area contributed by atoms with E-state index in [2.05, 4.69) is 5.32 Å². The van der Waals surface area contributed by atoms with Crippen LogP contribution in [0, 0.1) is 11.2 Å². The number of carbonyl (C=O) groups excluding carboxylic acids is 1. The normalized spacial score (nSPS) is 22.6. The van der Waals surface area contributed by atoms with Crippen molar-refractivity contribution in [3.8, 4) is 0 Å². The Morgan fingerprint density at radius 3 is 2.89 bits per heavy atom. The van der Waals surface area contributed by atoms with Crippen LogP contribution in [-0.2, 0) is 11.3 Å². The van der Waals surface area contributed by atoms with Crippen molar-refractivity contribution in [1.29, 1.82) is 0 Å². The fraction of sp³-hybridized carbons (Fsp3) is 0.500. The van der Waals surface area contributed by atoms with Crippen LogP contribution in [0.4, 0.5) is 10.1 Å². The van der Waals surface area contributed by atoms with Crippen molar-refractivity contribution in [2.45, 2.75) is 19.9 Å². The van der Waals surface area contributed by atoms with Gasteiger partial charge in [0.2, 0.25) is 5.91 Å². The molecular formula is C14H20FN3O. The van der Waals surface area contributed by atoms with E-state index in [0.29, 0.717) is 25.3 Å². The molecular weight excluding hydrogens is 245 g/mol. The molecule has 19 heavy (non-hydrogen) atoms. The third-order valence-corrected chi connectivity index (χ3v) is 3.84. The van der Waals surface area contributed by atoms with Gasteiger partial charge in [-0.2, -0.15) is 0 Å². The summed E-state index contributed by atoms with van der Waals surface area (Å²) in [6.07, 6.45) is 0.727. The molecule has 0 bridgehead atoms. The van der Waals surface area contributed by atoms with E-state index in [9.17, 15) is 9.18 Å². The van der Waals surface area contributed by atoms with Crippen molar-refractivity contribution >= 4 is 11.6 Å². The Morgan fingerprint density at radius 2 is 2.32 bits per heavy atom. The molecule has 0 aromatic heterocycles. The molecule has 1 amide bonds. The molecule has 1 aromatic carbocycles. The van der Waals surface area contributed by atoms with E-state index >= 15 is 0 Å². The Kier molecular flexibility index (Phi) is 3.75. The number of rotatable bonds is 3. The van der Waals surface area contributed by atoms with E-state index in [4.69, 9.17) is 5.73 Å². The molecule has 0 spiro atoms. The van der Waals surface area contributed by atoms with E-state index < -0.39 is 5.41 Å². The fourth-order valence-corrected chi connectivity index (χ4v) is 2.59. The maximum atomic E-state index is 14.0. The second kappa shape index (κ2) is 5.17. The van der Waals surface area contributed by atoms with Gasteiger partial charge in [0.05, 0.1) is 11.1 Å². The highest BCUT2D eigenvalue weighted by atomic mass is 19.1. The zero-order chi connectivity index (χ0) is 14.0. The molecule has 1 aliphatic rings. The number of carbonyl (C=O) groups is 1. The first kappa shape index (κ1) is 13.8. The summed E-state index contributed by atoms with van der Waals surface area (Å²) >= 11 is 0. The lowest BCUT2D eigenvalue weighted by molar-refractivity contribution is -0.128. The molecule has 4 nitrogen and oxygen atoms in total. The number of halogens is 1. The average molecular weight is 265 g/mol. The quantitative estimate of drug-likeness (QED) is 0.864. The van der Waals surface area contributed by atoms with Crippen LogP contribution >= 0.6 is 0 Å². The number of benzene rings is 1. The number of nitrogens with two attached hydrogens (primary N) is 1. The lowest BCUT2D eigenvalue weighted by atomic mass is 9.89. The first-order valence-corrected chi connectivity index (χ1v) is 6.46. The van der Waals surface area contributed by atoms with Crippen LogP contribution < -0.4 is 16.0 Å². The lowest BCUT2D eigenvalue weighted by Crippen LogP contribution is -2.39. The second-order valence-electron chi connectivity index (χ2n) is 5.30. The van der Waals surface area contributed by atoms with E-state index in [-0.39, 0.29) is 11.7 Å². The summed E-state index contributed by atoms with van der Waals surface area (Å²) in [6.45, 7) is 3.46. The molecule has 1 atom stereocenters. The Balaban J connectivity index is 2.19. The third-order valence-electron chi connectivity index (χ3n) is 3.84. The molecule has 1 saturated heterocycles. The number of hydrogen-bond donors (Lipinski definition) is 2. The van der Waals surface area contributed by atoms with Gasteiger partial charge in [0.15, 0.2) is 0 Å². The van der Waals surface area contributed by atoms with E-state index in [1.807, 2.05) is 17.9 Å². The van der Waals surface area contributed by atoms with Crippen molar-refractivity contribution < 1.29 is 9.18 Å². The summed E-state index contributed by atoms with van der Waals surface area (Å²) in [6, 6.07) is 5.03. The lowest BCUT2D eigenvalue weighted by Gasteiger charge is -2.24. The van der Waals surface area contributed by atoms with Gasteiger partial charge in [-0.05, 0) is 31.0 Å². The highest BCUT2D eigenvalue weighted by Gasteiger charge is 2.40. The highest BCUT2D eigenvalue weighted by molar-refractivity contribution is 5.83. The van der Waals surface area contributed by atoms with Gasteiger partial charge in [-0.15, -0.1) is 0 Å². The molecule has 1 aliphatic heterocycles. The minimum atomic E-state index is -0.451. The summed E-state index contributed by atoms with van der Waals surface area (Å²) in [5, 5.41) is 2.68. The topological polar surface area (TPSA) is 58.4 Å². The third kappa shape index (κ3) is 2.56. The van der Waals surface area contributed by atoms with Gasteiger partial charge in [0.25, 0.3) is 0 Å². The molecule has 5 heteroatoms. The van der Waals surface area contributed by atoms with Crippen molar-refractivity contribution in [1.82, 2.24) is 5.32 Å². The monoisotopic (exact) mass is 265 g/mol. The maximum Gasteiger partial charge on any atom is 0.227 e. The van der Waals surface area contributed by atoms with Gasteiger partial charge in [0, 0.05) is 26.7 Å². The number of nitrogens with zero attached hydrogens (tertiary/aromatic N) is 1. The summed E-state index contributed by atoms with van der Waals surface area (Å²) in [5.74, 6) is -0.266. The zero-order valence-corrected chi connectivity index (χ0v) is 11.4. The first-order chi connectivity index (χ1) is 9.00. The molecule has 1 aromatic rings. The Labute approximate surface area is 112 Å². The number of anilines is 1. The predicted molar refractivity (Wildman–Crippen MR) is 73.3 cm³/mol. The van der Waals surface area contributed by atoms with Gasteiger partial charge in [-0.25, -0.2) is 4.39 Å². The molecule has 1 unspecified atom stereocenters. The van der Waals surface area contributed by atoms with Crippen LogP contribution in [0.3, 0.4) is 0 Å². The van der Waals surface area contributed by atoms with Gasteiger partial charge in [-0.3, -0.25) is 4.79 Å². The van der Waals surface area contributed by atoms with Crippen molar-refractivity contribution in [2.24, 2.45) is 11.1 Å². The van der Waals surface area contributed by atoms with Crippen LogP contribution in [0.2, 0.25) is 0 Å². The van der Waals surface area contributed by atoms with Crippen LogP contribution in [0.15, 0.2) is 18.2 Å². The average Bonchev–Trinajstić information content (AvgIpc) is 2.81. The molecule has 3 N–H and O–H groups in total. The van der Waals surface area contributed by atoms with Crippen molar-refractivity contribution in [3.63, 3.8) is 0 Å². The summed E-state index contributed by atoms with van der Waals surface area (Å²) < 4.78 is 14.0. The fourth-order valence-electron chi connectivity index (χ4n) is 2.59. The van der Waals surface area contributed by atoms with Gasteiger partial charge in [-0.1, -0.05) is 6.07 Å². The van der Waals surface area contributed by atoms with Gasteiger partial charge in [0.1, 0.15) is 5.82 Å². The van der Waals surface area contributed by atoms with Crippen LogP contribution in [0.1, 0.15) is 18.9 Å². The molecule has 0 saturated carbocycles. The minimum Gasteiger partial charge on any atom is -0.368 e. The maximum absolute atomic E-state index is 14.0. The van der Waals surface area contributed by atoms with Crippen molar-refractivity contribution in [3.05, 3.63) is 29.6 Å². The molecule has 2 rings (SSSR count). The number of amides is 1. The van der Waals surface area contributed by atoms with Crippen LogP contribution in [-0.4, -0.2) is 26.0 Å². The summed E-state index contributed by atoms with van der Waals surface area (Å²) in [4.78, 5) is 13.8. The Hall–Kier alpha value is -1.62. The minimum absolute atomic E-state index is 0.00832. The largest absolute Gasteiger partial charge is 0.368 e. The number of nitrogens with one attached hydrogen (secondary N) is 1. The molecule has 1 fully saturated rings. The SMILES string of the molecule is CNC(=O)C1(C)CCN(c2ccc(CN)cc2F)C1. The van der Waals surface area contributed by atoms with E-state index in [1.54, 1.807) is 13.1 Å². The zero-order valence-electron chi connectivity index (χ0n) is 11.4. The second-order valence-corrected chi connectivity index (χ2v) is 5.30. The summed E-state index contributed by atoms with van der Waals surface area (Å²) in [7, 11) is 1.63. The van der Waals surface area contributed by atoms with E-state index in [1.165, 1.54) is 6.07 Å². The molecule has 0 radical (unpaired) electrons.